The maximum atomic E-state index is 14.0. The summed E-state index contributed by atoms with van der Waals surface area (Å²) >= 11 is 0. The smallest absolute Gasteiger partial charge is 0.382 e. The molecular formula is C13H13F3N2O2. The van der Waals surface area contributed by atoms with Gasteiger partial charge in [0.05, 0.1) is 17.2 Å². The van der Waals surface area contributed by atoms with E-state index in [1.54, 1.807) is 7.05 Å². The van der Waals surface area contributed by atoms with Crippen molar-refractivity contribution in [3.63, 3.8) is 0 Å². The van der Waals surface area contributed by atoms with E-state index in [-0.39, 0.29) is 5.52 Å². The summed E-state index contributed by atoms with van der Waals surface area (Å²) in [6.07, 6.45) is 0.751. The van der Waals surface area contributed by atoms with Gasteiger partial charge in [0.1, 0.15) is 5.82 Å². The molecule has 20 heavy (non-hydrogen) atoms. The molecular weight excluding hydrogens is 273 g/mol. The van der Waals surface area contributed by atoms with E-state index in [1.165, 1.54) is 24.7 Å². The number of aryl methyl sites for hydroxylation is 1. The average Bonchev–Trinajstić information content (AvgIpc) is 2.66. The summed E-state index contributed by atoms with van der Waals surface area (Å²) in [6, 6.07) is 1.79. The molecule has 1 aromatic carbocycles. The third-order valence-electron chi connectivity index (χ3n) is 2.65. The van der Waals surface area contributed by atoms with Gasteiger partial charge in [-0.1, -0.05) is 0 Å². The van der Waals surface area contributed by atoms with Crippen LogP contribution >= 0.6 is 0 Å². The molecule has 2 aromatic rings. The molecule has 0 aliphatic carbocycles. The lowest BCUT2D eigenvalue weighted by Crippen LogP contribution is -2.31. The minimum atomic E-state index is -4.04. The number of hydrogen-bond acceptors (Lipinski definition) is 3. The Morgan fingerprint density at radius 3 is 2.65 bits per heavy atom. The molecule has 0 unspecified atom stereocenters. The third kappa shape index (κ3) is 2.48. The molecule has 4 nitrogen and oxygen atoms in total. The fourth-order valence-corrected chi connectivity index (χ4v) is 1.81. The molecule has 7 heteroatoms. The van der Waals surface area contributed by atoms with E-state index < -0.39 is 29.4 Å². The van der Waals surface area contributed by atoms with Gasteiger partial charge in [0.25, 0.3) is 0 Å². The topological polar surface area (TPSA) is 44.1 Å². The molecule has 0 atom stereocenters. The molecule has 0 spiro atoms. The van der Waals surface area contributed by atoms with Crippen molar-refractivity contribution in [3.8, 4) is 0 Å². The first-order chi connectivity index (χ1) is 9.21. The van der Waals surface area contributed by atoms with Crippen LogP contribution in [-0.2, 0) is 22.5 Å². The number of halogens is 3. The highest BCUT2D eigenvalue weighted by molar-refractivity contribution is 5.84. The first kappa shape index (κ1) is 14.4. The van der Waals surface area contributed by atoms with Crippen molar-refractivity contribution in [1.29, 1.82) is 0 Å². The number of nitrogens with zero attached hydrogens (tertiary/aromatic N) is 2. The largest absolute Gasteiger partial charge is 0.458 e. The van der Waals surface area contributed by atoms with Gasteiger partial charge >= 0.3 is 11.9 Å². The van der Waals surface area contributed by atoms with Gasteiger partial charge in [0.15, 0.2) is 0 Å². The lowest BCUT2D eigenvalue weighted by Gasteiger charge is -2.17. The Kier molecular flexibility index (Phi) is 3.45. The summed E-state index contributed by atoms with van der Waals surface area (Å²) < 4.78 is 47.6. The summed E-state index contributed by atoms with van der Waals surface area (Å²) in [6.45, 7) is 2.88. The predicted molar refractivity (Wildman–Crippen MR) is 65.8 cm³/mol. The second-order valence-corrected chi connectivity index (χ2v) is 4.72. The van der Waals surface area contributed by atoms with Gasteiger partial charge < -0.3 is 4.74 Å². The number of hydrogen-bond donors (Lipinski definition) is 0. The van der Waals surface area contributed by atoms with Crippen LogP contribution in [0.25, 0.3) is 10.9 Å². The number of esters is 1. The van der Waals surface area contributed by atoms with E-state index in [4.69, 9.17) is 0 Å². The molecule has 0 N–H and O–H groups in total. The lowest BCUT2D eigenvalue weighted by molar-refractivity contribution is -0.178. The Morgan fingerprint density at radius 2 is 2.05 bits per heavy atom. The first-order valence-electron chi connectivity index (χ1n) is 5.94. The molecule has 1 aromatic heterocycles. The van der Waals surface area contributed by atoms with Crippen molar-refractivity contribution in [3.05, 3.63) is 29.7 Å². The maximum absolute atomic E-state index is 14.0. The Labute approximate surface area is 113 Å². The van der Waals surface area contributed by atoms with Crippen molar-refractivity contribution in [2.24, 2.45) is 7.05 Å². The van der Waals surface area contributed by atoms with Crippen molar-refractivity contribution in [2.45, 2.75) is 25.9 Å². The van der Waals surface area contributed by atoms with Gasteiger partial charge in [-0.3, -0.25) is 4.68 Å². The molecule has 0 saturated heterocycles. The van der Waals surface area contributed by atoms with Gasteiger partial charge in [0, 0.05) is 24.7 Å². The summed E-state index contributed by atoms with van der Waals surface area (Å²) in [7, 11) is 1.59. The normalized spacial score (nSPS) is 12.2. The molecule has 1 heterocycles. The van der Waals surface area contributed by atoms with Crippen molar-refractivity contribution in [2.75, 3.05) is 0 Å². The maximum Gasteiger partial charge on any atom is 0.382 e. The summed E-state index contributed by atoms with van der Waals surface area (Å²) in [5.74, 6) is -7.00. The average molecular weight is 286 g/mol. The van der Waals surface area contributed by atoms with Crippen LogP contribution in [0.5, 0.6) is 0 Å². The van der Waals surface area contributed by atoms with E-state index in [0.29, 0.717) is 5.39 Å². The van der Waals surface area contributed by atoms with E-state index in [0.717, 1.165) is 12.1 Å². The van der Waals surface area contributed by atoms with Crippen LogP contribution in [0.1, 0.15) is 19.4 Å². The number of aromatic nitrogens is 2. The van der Waals surface area contributed by atoms with Gasteiger partial charge in [0.2, 0.25) is 0 Å². The molecule has 0 fully saturated rings. The zero-order valence-electron chi connectivity index (χ0n) is 11.2. The Morgan fingerprint density at radius 1 is 1.40 bits per heavy atom. The van der Waals surface area contributed by atoms with Gasteiger partial charge in [-0.2, -0.15) is 13.9 Å². The molecule has 0 radical (unpaired) electrons. The van der Waals surface area contributed by atoms with E-state index in [1.807, 2.05) is 0 Å². The van der Waals surface area contributed by atoms with Crippen LogP contribution in [0.15, 0.2) is 18.3 Å². The van der Waals surface area contributed by atoms with Crippen LogP contribution < -0.4 is 0 Å². The zero-order valence-corrected chi connectivity index (χ0v) is 11.2. The Balaban J connectivity index is 2.49. The number of benzene rings is 1. The quantitative estimate of drug-likeness (QED) is 0.815. The molecule has 108 valence electrons. The first-order valence-corrected chi connectivity index (χ1v) is 5.94. The SMILES string of the molecule is CC(C)OC(=O)C(F)(F)c1cc2cn(C)nc2cc1F. The van der Waals surface area contributed by atoms with Crippen molar-refractivity contribution < 1.29 is 22.7 Å². The summed E-state index contributed by atoms with van der Waals surface area (Å²) in [5, 5.41) is 4.23. The fraction of sp³-hybridized carbons (Fsp3) is 0.385. The molecule has 0 amide bonds. The van der Waals surface area contributed by atoms with Crippen LogP contribution in [0, 0.1) is 5.82 Å². The highest BCUT2D eigenvalue weighted by Crippen LogP contribution is 2.34. The van der Waals surface area contributed by atoms with Crippen molar-refractivity contribution in [1.82, 2.24) is 9.78 Å². The van der Waals surface area contributed by atoms with Gasteiger partial charge in [-0.05, 0) is 19.9 Å². The molecule has 2 rings (SSSR count). The summed E-state index contributed by atoms with van der Waals surface area (Å²) in [4.78, 5) is 11.4. The monoisotopic (exact) mass is 286 g/mol. The second kappa shape index (κ2) is 4.81. The number of carbonyl (C=O) groups is 1. The van der Waals surface area contributed by atoms with Crippen LogP contribution in [0.4, 0.5) is 13.2 Å². The molecule has 0 bridgehead atoms. The van der Waals surface area contributed by atoms with Crippen molar-refractivity contribution >= 4 is 16.9 Å². The number of ether oxygens (including phenoxy) is 1. The van der Waals surface area contributed by atoms with Crippen LogP contribution in [-0.4, -0.2) is 21.9 Å². The highest BCUT2D eigenvalue weighted by Gasteiger charge is 2.45. The fourth-order valence-electron chi connectivity index (χ4n) is 1.81. The van der Waals surface area contributed by atoms with Crippen LogP contribution in [0.3, 0.4) is 0 Å². The van der Waals surface area contributed by atoms with Gasteiger partial charge in [-0.15, -0.1) is 0 Å². The van der Waals surface area contributed by atoms with E-state index in [9.17, 15) is 18.0 Å². The Bertz CT molecular complexity index is 665. The van der Waals surface area contributed by atoms with Crippen LogP contribution in [0.2, 0.25) is 0 Å². The lowest BCUT2D eigenvalue weighted by atomic mass is 10.1. The second-order valence-electron chi connectivity index (χ2n) is 4.72. The predicted octanol–water partition coefficient (Wildman–Crippen LogP) is 2.76. The minimum Gasteiger partial charge on any atom is -0.458 e. The number of fused-ring (bicyclic) bond motifs is 1. The standard InChI is InChI=1S/C13H13F3N2O2/c1-7(2)20-12(19)13(15,16)9-4-8-6-18(3)17-11(8)5-10(9)14/h4-7H,1-3H3. The minimum absolute atomic E-state index is 0.238. The van der Waals surface area contributed by atoms with E-state index in [2.05, 4.69) is 9.84 Å². The molecule has 0 aliphatic rings. The highest BCUT2D eigenvalue weighted by atomic mass is 19.3. The molecule has 0 saturated carbocycles. The Hall–Kier alpha value is -2.05. The van der Waals surface area contributed by atoms with E-state index >= 15 is 0 Å². The number of alkyl halides is 2. The third-order valence-corrected chi connectivity index (χ3v) is 2.65. The molecule has 0 aliphatic heterocycles. The number of rotatable bonds is 3. The zero-order chi connectivity index (χ0) is 15.1. The number of carbonyl (C=O) groups excluding carboxylic acids is 1. The van der Waals surface area contributed by atoms with Gasteiger partial charge in [-0.25, -0.2) is 9.18 Å². The summed E-state index contributed by atoms with van der Waals surface area (Å²) in [5.41, 5.74) is -0.773.